The zero-order valence-electron chi connectivity index (χ0n) is 7.33. The number of halogens is 2. The Bertz CT molecular complexity index is 280. The summed E-state index contributed by atoms with van der Waals surface area (Å²) in [5.41, 5.74) is 7.80. The summed E-state index contributed by atoms with van der Waals surface area (Å²) >= 11 is 3.36. The van der Waals surface area contributed by atoms with E-state index < -0.39 is 0 Å². The van der Waals surface area contributed by atoms with Crippen molar-refractivity contribution in [3.05, 3.63) is 33.8 Å². The lowest BCUT2D eigenvalue weighted by atomic mass is 10.0. The maximum Gasteiger partial charge on any atom is 0.0624 e. The molecule has 0 bridgehead atoms. The van der Waals surface area contributed by atoms with E-state index in [2.05, 4.69) is 15.9 Å². The molecule has 1 aromatic carbocycles. The third kappa shape index (κ3) is 3.27. The van der Waals surface area contributed by atoms with Crippen molar-refractivity contribution in [2.75, 3.05) is 6.61 Å². The summed E-state index contributed by atoms with van der Waals surface area (Å²) < 4.78 is 0.993. The van der Waals surface area contributed by atoms with Crippen LogP contribution in [0.4, 0.5) is 0 Å². The molecule has 1 atom stereocenters. The predicted molar refractivity (Wildman–Crippen MR) is 60.1 cm³/mol. The maximum absolute atomic E-state index is 8.86. The lowest BCUT2D eigenvalue weighted by molar-refractivity contribution is 0.267. The first-order chi connectivity index (χ1) is 5.65. The molecular formula is C9H13BrClNO. The number of hydrogen-bond acceptors (Lipinski definition) is 2. The van der Waals surface area contributed by atoms with Crippen LogP contribution >= 0.6 is 28.3 Å². The Kier molecular flexibility index (Phi) is 5.56. The van der Waals surface area contributed by atoms with E-state index in [1.165, 1.54) is 0 Å². The Hall–Kier alpha value is -0.0900. The van der Waals surface area contributed by atoms with E-state index in [1.807, 2.05) is 25.1 Å². The SMILES string of the molecule is Cc1ccc(Br)cc1[C@@H](N)CO.Cl. The van der Waals surface area contributed by atoms with Gasteiger partial charge in [0.2, 0.25) is 0 Å². The summed E-state index contributed by atoms with van der Waals surface area (Å²) in [6.07, 6.45) is 0. The quantitative estimate of drug-likeness (QED) is 0.862. The Morgan fingerprint density at radius 1 is 1.54 bits per heavy atom. The zero-order chi connectivity index (χ0) is 9.14. The molecule has 1 rings (SSSR count). The van der Waals surface area contributed by atoms with E-state index >= 15 is 0 Å². The van der Waals surface area contributed by atoms with Gasteiger partial charge in [-0.05, 0) is 30.2 Å². The third-order valence-corrected chi connectivity index (χ3v) is 2.33. The van der Waals surface area contributed by atoms with Gasteiger partial charge in [0, 0.05) is 4.47 Å². The number of aliphatic hydroxyl groups is 1. The average molecular weight is 267 g/mol. The van der Waals surface area contributed by atoms with Crippen LogP contribution in [0.5, 0.6) is 0 Å². The summed E-state index contributed by atoms with van der Waals surface area (Å²) in [5.74, 6) is 0. The molecule has 74 valence electrons. The molecule has 0 amide bonds. The molecule has 0 saturated heterocycles. The average Bonchev–Trinajstić information content (AvgIpc) is 2.08. The molecule has 0 unspecified atom stereocenters. The Morgan fingerprint density at radius 2 is 2.15 bits per heavy atom. The van der Waals surface area contributed by atoms with Gasteiger partial charge in [-0.3, -0.25) is 0 Å². The number of aryl methyl sites for hydroxylation is 1. The largest absolute Gasteiger partial charge is 0.394 e. The van der Waals surface area contributed by atoms with Gasteiger partial charge < -0.3 is 10.8 Å². The topological polar surface area (TPSA) is 46.2 Å². The standard InChI is InChI=1S/C9H12BrNO.ClH/c1-6-2-3-7(10)4-8(6)9(11)5-12;/h2-4,9,12H,5,11H2,1H3;1H/t9-;/m0./s1. The number of aliphatic hydroxyl groups excluding tert-OH is 1. The molecular weight excluding hydrogens is 253 g/mol. The van der Waals surface area contributed by atoms with E-state index in [1.54, 1.807) is 0 Å². The van der Waals surface area contributed by atoms with Crippen molar-refractivity contribution in [1.82, 2.24) is 0 Å². The van der Waals surface area contributed by atoms with E-state index in [9.17, 15) is 0 Å². The fourth-order valence-corrected chi connectivity index (χ4v) is 1.49. The molecule has 0 spiro atoms. The molecule has 0 fully saturated rings. The van der Waals surface area contributed by atoms with Gasteiger partial charge in [0.05, 0.1) is 12.6 Å². The first kappa shape index (κ1) is 12.9. The van der Waals surface area contributed by atoms with E-state index in [4.69, 9.17) is 10.8 Å². The van der Waals surface area contributed by atoms with Gasteiger partial charge in [-0.25, -0.2) is 0 Å². The fourth-order valence-electron chi connectivity index (χ4n) is 1.11. The minimum absolute atomic E-state index is 0. The Labute approximate surface area is 92.7 Å². The van der Waals surface area contributed by atoms with Crippen LogP contribution in [0.15, 0.2) is 22.7 Å². The summed E-state index contributed by atoms with van der Waals surface area (Å²) in [6.45, 7) is 1.97. The van der Waals surface area contributed by atoms with Crippen LogP contribution in [0, 0.1) is 6.92 Å². The molecule has 3 N–H and O–H groups in total. The minimum atomic E-state index is -0.275. The van der Waals surface area contributed by atoms with Crippen LogP contribution in [-0.2, 0) is 0 Å². The van der Waals surface area contributed by atoms with Gasteiger partial charge in [-0.15, -0.1) is 12.4 Å². The molecule has 0 heterocycles. The van der Waals surface area contributed by atoms with Crippen molar-refractivity contribution in [3.8, 4) is 0 Å². The summed E-state index contributed by atoms with van der Waals surface area (Å²) in [6, 6.07) is 5.61. The van der Waals surface area contributed by atoms with Gasteiger partial charge in [-0.1, -0.05) is 22.0 Å². The lowest BCUT2D eigenvalue weighted by Crippen LogP contribution is -2.15. The smallest absolute Gasteiger partial charge is 0.0624 e. The highest BCUT2D eigenvalue weighted by Gasteiger charge is 2.07. The number of benzene rings is 1. The molecule has 0 saturated carbocycles. The molecule has 0 radical (unpaired) electrons. The number of hydrogen-bond donors (Lipinski definition) is 2. The van der Waals surface area contributed by atoms with Crippen molar-refractivity contribution in [3.63, 3.8) is 0 Å². The van der Waals surface area contributed by atoms with Gasteiger partial charge in [0.15, 0.2) is 0 Å². The second-order valence-corrected chi connectivity index (χ2v) is 3.71. The molecule has 1 aromatic rings. The van der Waals surface area contributed by atoms with Crippen molar-refractivity contribution in [1.29, 1.82) is 0 Å². The molecule has 13 heavy (non-hydrogen) atoms. The van der Waals surface area contributed by atoms with Crippen LogP contribution < -0.4 is 5.73 Å². The van der Waals surface area contributed by atoms with Gasteiger partial charge >= 0.3 is 0 Å². The molecule has 2 nitrogen and oxygen atoms in total. The minimum Gasteiger partial charge on any atom is -0.394 e. The normalized spacial score (nSPS) is 12.0. The Balaban J connectivity index is 0.00000144. The molecule has 0 aliphatic heterocycles. The highest BCUT2D eigenvalue weighted by Crippen LogP contribution is 2.20. The first-order valence-corrected chi connectivity index (χ1v) is 4.57. The predicted octanol–water partition coefficient (Wildman–Crippen LogP) is 2.17. The highest BCUT2D eigenvalue weighted by molar-refractivity contribution is 9.10. The van der Waals surface area contributed by atoms with Gasteiger partial charge in [-0.2, -0.15) is 0 Å². The lowest BCUT2D eigenvalue weighted by Gasteiger charge is -2.11. The zero-order valence-corrected chi connectivity index (χ0v) is 9.73. The monoisotopic (exact) mass is 265 g/mol. The van der Waals surface area contributed by atoms with Crippen LogP contribution in [0.1, 0.15) is 17.2 Å². The number of nitrogens with two attached hydrogens (primary N) is 1. The number of rotatable bonds is 2. The van der Waals surface area contributed by atoms with Crippen LogP contribution in [0.2, 0.25) is 0 Å². The molecule has 0 aromatic heterocycles. The molecule has 0 aliphatic rings. The van der Waals surface area contributed by atoms with Crippen molar-refractivity contribution in [2.45, 2.75) is 13.0 Å². The summed E-state index contributed by atoms with van der Waals surface area (Å²) in [5, 5.41) is 8.86. The van der Waals surface area contributed by atoms with E-state index in [0.29, 0.717) is 0 Å². The first-order valence-electron chi connectivity index (χ1n) is 3.77. The fraction of sp³-hybridized carbons (Fsp3) is 0.333. The Morgan fingerprint density at radius 3 is 2.69 bits per heavy atom. The summed E-state index contributed by atoms with van der Waals surface area (Å²) in [4.78, 5) is 0. The van der Waals surface area contributed by atoms with Gasteiger partial charge in [0.1, 0.15) is 0 Å². The highest BCUT2D eigenvalue weighted by atomic mass is 79.9. The van der Waals surface area contributed by atoms with Crippen LogP contribution in [0.3, 0.4) is 0 Å². The maximum atomic E-state index is 8.86. The molecule has 0 aliphatic carbocycles. The van der Waals surface area contributed by atoms with Crippen LogP contribution in [-0.4, -0.2) is 11.7 Å². The van der Waals surface area contributed by atoms with E-state index in [0.717, 1.165) is 15.6 Å². The summed E-state index contributed by atoms with van der Waals surface area (Å²) in [7, 11) is 0. The second-order valence-electron chi connectivity index (χ2n) is 2.79. The van der Waals surface area contributed by atoms with E-state index in [-0.39, 0.29) is 25.1 Å². The molecule has 4 heteroatoms. The van der Waals surface area contributed by atoms with Gasteiger partial charge in [0.25, 0.3) is 0 Å². The van der Waals surface area contributed by atoms with Crippen molar-refractivity contribution < 1.29 is 5.11 Å². The second kappa shape index (κ2) is 5.60. The van der Waals surface area contributed by atoms with Crippen molar-refractivity contribution in [2.24, 2.45) is 5.73 Å². The van der Waals surface area contributed by atoms with Crippen molar-refractivity contribution >= 4 is 28.3 Å². The van der Waals surface area contributed by atoms with Crippen LogP contribution in [0.25, 0.3) is 0 Å². The third-order valence-electron chi connectivity index (χ3n) is 1.84.